The number of halogens is 1. The molecule has 142 valence electrons. The summed E-state index contributed by atoms with van der Waals surface area (Å²) in [6, 6.07) is 2.03. The summed E-state index contributed by atoms with van der Waals surface area (Å²) in [7, 11) is 0. The molecular formula is C20H28ClN3O2. The van der Waals surface area contributed by atoms with Gasteiger partial charge in [-0.2, -0.15) is 0 Å². The lowest BCUT2D eigenvalue weighted by Gasteiger charge is -2.46. The van der Waals surface area contributed by atoms with Gasteiger partial charge in [-0.25, -0.2) is 0 Å². The maximum atomic E-state index is 12.2. The van der Waals surface area contributed by atoms with Crippen LogP contribution in [0.4, 0.5) is 11.4 Å². The number of nitrogens with zero attached hydrogens (tertiary/aromatic N) is 2. The third-order valence-corrected chi connectivity index (χ3v) is 6.60. The molecule has 0 radical (unpaired) electrons. The molecule has 0 aromatic heterocycles. The van der Waals surface area contributed by atoms with E-state index < -0.39 is 0 Å². The van der Waals surface area contributed by atoms with E-state index in [4.69, 9.17) is 22.1 Å². The third kappa shape index (κ3) is 3.16. The van der Waals surface area contributed by atoms with Crippen molar-refractivity contribution in [3.63, 3.8) is 0 Å². The molecule has 1 amide bonds. The highest BCUT2D eigenvalue weighted by molar-refractivity contribution is 6.33. The van der Waals surface area contributed by atoms with Gasteiger partial charge in [-0.1, -0.05) is 11.6 Å². The molecule has 1 aromatic carbocycles. The van der Waals surface area contributed by atoms with E-state index in [9.17, 15) is 4.79 Å². The molecule has 4 rings (SSSR count). The van der Waals surface area contributed by atoms with Crippen molar-refractivity contribution >= 4 is 29.4 Å². The van der Waals surface area contributed by atoms with E-state index in [1.165, 1.54) is 19.4 Å². The molecule has 5 nitrogen and oxygen atoms in total. The third-order valence-electron chi connectivity index (χ3n) is 6.29. The minimum atomic E-state index is 0.112. The summed E-state index contributed by atoms with van der Waals surface area (Å²) in [5.74, 6) is 1.28. The zero-order valence-electron chi connectivity index (χ0n) is 15.4. The van der Waals surface area contributed by atoms with Crippen molar-refractivity contribution < 1.29 is 9.53 Å². The normalized spacial score (nSPS) is 30.7. The van der Waals surface area contributed by atoms with Crippen LogP contribution in [0.3, 0.4) is 0 Å². The Morgan fingerprint density at radius 1 is 1.31 bits per heavy atom. The van der Waals surface area contributed by atoms with Gasteiger partial charge in [-0.3, -0.25) is 4.79 Å². The lowest BCUT2D eigenvalue weighted by molar-refractivity contribution is -0.108. The van der Waals surface area contributed by atoms with Crippen LogP contribution >= 0.6 is 11.6 Å². The number of hydrogen-bond donors (Lipinski definition) is 1. The number of carbonyl (C=O) groups is 1. The van der Waals surface area contributed by atoms with Crippen LogP contribution < -0.4 is 15.4 Å². The van der Waals surface area contributed by atoms with Crippen LogP contribution in [-0.4, -0.2) is 43.1 Å². The Morgan fingerprint density at radius 3 is 2.96 bits per heavy atom. The Morgan fingerprint density at radius 2 is 2.15 bits per heavy atom. The first-order chi connectivity index (χ1) is 12.6. The van der Waals surface area contributed by atoms with Crippen LogP contribution in [0.5, 0.6) is 5.75 Å². The van der Waals surface area contributed by atoms with Gasteiger partial charge in [0.1, 0.15) is 5.75 Å². The van der Waals surface area contributed by atoms with Gasteiger partial charge in [0.2, 0.25) is 6.41 Å². The summed E-state index contributed by atoms with van der Waals surface area (Å²) in [5, 5.41) is 0.518. The number of nitrogens with two attached hydrogens (primary N) is 1. The zero-order valence-corrected chi connectivity index (χ0v) is 16.2. The fourth-order valence-corrected chi connectivity index (χ4v) is 5.14. The molecule has 2 bridgehead atoms. The first kappa shape index (κ1) is 17.9. The highest BCUT2D eigenvalue weighted by Crippen LogP contribution is 2.45. The van der Waals surface area contributed by atoms with E-state index in [0.717, 1.165) is 62.2 Å². The molecule has 0 spiro atoms. The molecule has 3 aliphatic heterocycles. The number of piperidine rings is 2. The second kappa shape index (κ2) is 7.28. The summed E-state index contributed by atoms with van der Waals surface area (Å²) < 4.78 is 6.25. The number of ether oxygens (including phenoxy) is 1. The zero-order chi connectivity index (χ0) is 18.3. The van der Waals surface area contributed by atoms with Gasteiger partial charge in [0, 0.05) is 24.7 Å². The molecule has 2 saturated heterocycles. The van der Waals surface area contributed by atoms with Gasteiger partial charge in [0.05, 0.1) is 22.5 Å². The van der Waals surface area contributed by atoms with Crippen LogP contribution in [0.2, 0.25) is 5.02 Å². The van der Waals surface area contributed by atoms with E-state index >= 15 is 0 Å². The maximum Gasteiger partial charge on any atom is 0.214 e. The fraction of sp³-hybridized carbons (Fsp3) is 0.650. The van der Waals surface area contributed by atoms with E-state index in [0.29, 0.717) is 16.6 Å². The van der Waals surface area contributed by atoms with Crippen LogP contribution in [0.15, 0.2) is 6.07 Å². The predicted octanol–water partition coefficient (Wildman–Crippen LogP) is 3.47. The Bertz CT molecular complexity index is 696. The molecule has 0 aliphatic carbocycles. The Labute approximate surface area is 160 Å². The van der Waals surface area contributed by atoms with E-state index in [-0.39, 0.29) is 12.1 Å². The van der Waals surface area contributed by atoms with Crippen LogP contribution in [0, 0.1) is 5.92 Å². The number of benzene rings is 1. The molecule has 3 aliphatic rings. The van der Waals surface area contributed by atoms with Crippen molar-refractivity contribution in [2.75, 3.05) is 30.3 Å². The van der Waals surface area contributed by atoms with Gasteiger partial charge in [0.15, 0.2) is 0 Å². The molecular weight excluding hydrogens is 350 g/mol. The molecule has 4 atom stereocenters. The van der Waals surface area contributed by atoms with Crippen LogP contribution in [0.1, 0.15) is 44.6 Å². The van der Waals surface area contributed by atoms with Crippen molar-refractivity contribution in [3.05, 3.63) is 16.7 Å². The second-order valence-electron chi connectivity index (χ2n) is 7.99. The first-order valence-corrected chi connectivity index (χ1v) is 10.2. The number of fused-ring (bicyclic) bond motifs is 3. The monoisotopic (exact) mass is 377 g/mol. The Kier molecular flexibility index (Phi) is 5.02. The van der Waals surface area contributed by atoms with Gasteiger partial charge >= 0.3 is 0 Å². The molecule has 2 N–H and O–H groups in total. The number of nitrogen functional groups attached to an aromatic ring is 1. The van der Waals surface area contributed by atoms with Crippen molar-refractivity contribution in [2.45, 2.75) is 57.6 Å². The summed E-state index contributed by atoms with van der Waals surface area (Å²) in [6.45, 7) is 5.40. The Balaban J connectivity index is 1.75. The largest absolute Gasteiger partial charge is 0.488 e. The number of anilines is 2. The standard InChI is InChI=1S/C20H28ClN3O2/c1-13-4-2-6-15-19(22)16(21)10-18(20(15)26-13)24(12-25)17-7-9-23-8-3-5-14(17)11-23/h10,12-14,17H,2-9,11,22H2,1H3. The highest BCUT2D eigenvalue weighted by Gasteiger charge is 2.37. The molecule has 4 unspecified atom stereocenters. The predicted molar refractivity (Wildman–Crippen MR) is 105 cm³/mol. The SMILES string of the molecule is CC1CCCc2c(N)c(Cl)cc(N(C=O)C3CCN4CCCC3C4)c2O1. The van der Waals surface area contributed by atoms with Crippen molar-refractivity contribution in [2.24, 2.45) is 5.92 Å². The van der Waals surface area contributed by atoms with Gasteiger partial charge in [0.25, 0.3) is 0 Å². The average molecular weight is 378 g/mol. The van der Waals surface area contributed by atoms with Crippen molar-refractivity contribution in [1.82, 2.24) is 4.90 Å². The van der Waals surface area contributed by atoms with E-state index in [1.807, 2.05) is 11.0 Å². The minimum Gasteiger partial charge on any atom is -0.488 e. The average Bonchev–Trinajstić information content (AvgIpc) is 2.83. The lowest BCUT2D eigenvalue weighted by atomic mass is 9.84. The molecule has 1 aromatic rings. The van der Waals surface area contributed by atoms with Crippen molar-refractivity contribution in [1.29, 1.82) is 0 Å². The van der Waals surface area contributed by atoms with E-state index in [2.05, 4.69) is 11.8 Å². The first-order valence-electron chi connectivity index (χ1n) is 9.82. The van der Waals surface area contributed by atoms with Crippen LogP contribution in [-0.2, 0) is 11.2 Å². The lowest BCUT2D eigenvalue weighted by Crippen LogP contribution is -2.53. The van der Waals surface area contributed by atoms with Crippen LogP contribution in [0.25, 0.3) is 0 Å². The fourth-order valence-electron chi connectivity index (χ4n) is 4.92. The number of rotatable bonds is 3. The molecule has 3 heterocycles. The topological polar surface area (TPSA) is 58.8 Å². The summed E-state index contributed by atoms with van der Waals surface area (Å²) in [4.78, 5) is 16.6. The molecule has 6 heteroatoms. The molecule has 26 heavy (non-hydrogen) atoms. The highest BCUT2D eigenvalue weighted by atomic mass is 35.5. The van der Waals surface area contributed by atoms with E-state index in [1.54, 1.807) is 0 Å². The summed E-state index contributed by atoms with van der Waals surface area (Å²) in [6.07, 6.45) is 7.29. The van der Waals surface area contributed by atoms with Gasteiger partial charge in [-0.15, -0.1) is 0 Å². The maximum absolute atomic E-state index is 12.2. The quantitative estimate of drug-likeness (QED) is 0.647. The number of carbonyl (C=O) groups excluding carboxylic acids is 1. The van der Waals surface area contributed by atoms with Gasteiger partial charge in [-0.05, 0) is 64.0 Å². The minimum absolute atomic E-state index is 0.112. The second-order valence-corrected chi connectivity index (χ2v) is 8.40. The Hall–Kier alpha value is -1.46. The summed E-state index contributed by atoms with van der Waals surface area (Å²) in [5.41, 5.74) is 8.62. The smallest absolute Gasteiger partial charge is 0.214 e. The molecule has 2 fully saturated rings. The van der Waals surface area contributed by atoms with Crippen molar-refractivity contribution in [3.8, 4) is 5.75 Å². The molecule has 0 saturated carbocycles. The van der Waals surface area contributed by atoms with Gasteiger partial charge < -0.3 is 20.3 Å². The summed E-state index contributed by atoms with van der Waals surface area (Å²) >= 11 is 6.45. The number of amides is 1. The number of hydrogen-bond acceptors (Lipinski definition) is 4.